The molecule has 2 rings (SSSR count). The van der Waals surface area contributed by atoms with E-state index in [9.17, 15) is 9.59 Å². The van der Waals surface area contributed by atoms with Crippen LogP contribution in [0.1, 0.15) is 15.9 Å². The van der Waals surface area contributed by atoms with Gasteiger partial charge in [-0.1, -0.05) is 60.7 Å². The van der Waals surface area contributed by atoms with Crippen LogP contribution in [0.15, 0.2) is 60.7 Å². The fourth-order valence-corrected chi connectivity index (χ4v) is 1.85. The minimum Gasteiger partial charge on any atom is -0.459 e. The lowest BCUT2D eigenvalue weighted by molar-refractivity contribution is -0.143. The number of Topliss-reactive ketones (excluding diaryl/α,β-unsaturated/α-hetero) is 1. The van der Waals surface area contributed by atoms with Gasteiger partial charge in [-0.3, -0.25) is 4.79 Å². The number of carbonyl (C=O) groups excluding carboxylic acids is 2. The molecular weight excluding hydrogens is 276 g/mol. The smallest absolute Gasteiger partial charge is 0.332 e. The molecule has 2 aromatic carbocycles. The lowest BCUT2D eigenvalue weighted by atomic mass is 10.1. The lowest BCUT2D eigenvalue weighted by Crippen LogP contribution is -2.26. The first-order valence-corrected chi connectivity index (χ1v) is 6.56. The van der Waals surface area contributed by atoms with E-state index in [1.807, 2.05) is 30.3 Å². The summed E-state index contributed by atoms with van der Waals surface area (Å²) < 4.78 is 5.04. The van der Waals surface area contributed by atoms with Gasteiger partial charge in [0.05, 0.1) is 0 Å². The van der Waals surface area contributed by atoms with Crippen molar-refractivity contribution in [2.24, 2.45) is 0 Å². The maximum Gasteiger partial charge on any atom is 0.332 e. The molecule has 102 valence electrons. The molecule has 20 heavy (non-hydrogen) atoms. The van der Waals surface area contributed by atoms with Crippen molar-refractivity contribution in [3.8, 4) is 0 Å². The van der Waals surface area contributed by atoms with Crippen LogP contribution in [-0.2, 0) is 16.1 Å². The Morgan fingerprint density at radius 1 is 0.950 bits per heavy atom. The van der Waals surface area contributed by atoms with Gasteiger partial charge in [0.15, 0.2) is 11.2 Å². The number of ketones is 1. The summed E-state index contributed by atoms with van der Waals surface area (Å²) in [5, 5.41) is -1.32. The van der Waals surface area contributed by atoms with Crippen molar-refractivity contribution in [2.75, 3.05) is 0 Å². The summed E-state index contributed by atoms with van der Waals surface area (Å²) in [5.74, 6) is -1.19. The molecule has 0 aliphatic carbocycles. The predicted molar refractivity (Wildman–Crippen MR) is 76.7 cm³/mol. The second-order valence-corrected chi connectivity index (χ2v) is 4.62. The van der Waals surface area contributed by atoms with Crippen molar-refractivity contribution in [3.63, 3.8) is 0 Å². The molecule has 0 aliphatic rings. The molecule has 0 aromatic heterocycles. The first kappa shape index (κ1) is 14.3. The van der Waals surface area contributed by atoms with Crippen LogP contribution in [0.3, 0.4) is 0 Å². The Balaban J connectivity index is 1.94. The van der Waals surface area contributed by atoms with E-state index >= 15 is 0 Å². The topological polar surface area (TPSA) is 43.4 Å². The third-order valence-electron chi connectivity index (χ3n) is 2.72. The summed E-state index contributed by atoms with van der Waals surface area (Å²) in [4.78, 5) is 23.7. The Hall–Kier alpha value is -2.13. The molecule has 0 fully saturated rings. The van der Waals surface area contributed by atoms with Crippen LogP contribution in [-0.4, -0.2) is 17.1 Å². The zero-order valence-electron chi connectivity index (χ0n) is 10.7. The van der Waals surface area contributed by atoms with Crippen molar-refractivity contribution in [1.29, 1.82) is 0 Å². The lowest BCUT2D eigenvalue weighted by Gasteiger charge is -2.09. The van der Waals surface area contributed by atoms with E-state index in [0.717, 1.165) is 5.56 Å². The molecule has 0 amide bonds. The highest BCUT2D eigenvalue weighted by Gasteiger charge is 2.26. The van der Waals surface area contributed by atoms with Crippen LogP contribution in [0.25, 0.3) is 0 Å². The van der Waals surface area contributed by atoms with Crippen molar-refractivity contribution in [2.45, 2.75) is 12.0 Å². The molecule has 4 heteroatoms. The van der Waals surface area contributed by atoms with Crippen LogP contribution < -0.4 is 0 Å². The van der Waals surface area contributed by atoms with Gasteiger partial charge in [-0.2, -0.15) is 0 Å². The van der Waals surface area contributed by atoms with Crippen molar-refractivity contribution in [3.05, 3.63) is 71.8 Å². The maximum atomic E-state index is 12.0. The molecular formula is C16H13ClO3. The molecule has 0 saturated carbocycles. The van der Waals surface area contributed by atoms with Crippen LogP contribution in [0, 0.1) is 0 Å². The third kappa shape index (κ3) is 3.68. The Labute approximate surface area is 122 Å². The molecule has 0 aliphatic heterocycles. The maximum absolute atomic E-state index is 12.0. The fourth-order valence-electron chi connectivity index (χ4n) is 1.66. The van der Waals surface area contributed by atoms with Crippen LogP contribution >= 0.6 is 11.6 Å². The highest BCUT2D eigenvalue weighted by Crippen LogP contribution is 2.11. The summed E-state index contributed by atoms with van der Waals surface area (Å²) in [6.07, 6.45) is 0. The Kier molecular flexibility index (Phi) is 4.91. The van der Waals surface area contributed by atoms with Gasteiger partial charge in [-0.15, -0.1) is 11.6 Å². The van der Waals surface area contributed by atoms with E-state index in [2.05, 4.69) is 0 Å². The van der Waals surface area contributed by atoms with Gasteiger partial charge in [0.25, 0.3) is 0 Å². The Bertz CT molecular complexity index is 581. The van der Waals surface area contributed by atoms with Crippen molar-refractivity contribution < 1.29 is 14.3 Å². The average molecular weight is 289 g/mol. The van der Waals surface area contributed by atoms with Gasteiger partial charge in [0.1, 0.15) is 6.61 Å². The van der Waals surface area contributed by atoms with E-state index in [0.29, 0.717) is 5.56 Å². The second kappa shape index (κ2) is 6.87. The molecule has 0 saturated heterocycles. The largest absolute Gasteiger partial charge is 0.459 e. The normalized spacial score (nSPS) is 11.7. The monoisotopic (exact) mass is 288 g/mol. The summed E-state index contributed by atoms with van der Waals surface area (Å²) >= 11 is 5.86. The molecule has 0 N–H and O–H groups in total. The molecule has 2 aromatic rings. The number of carbonyl (C=O) groups is 2. The SMILES string of the molecule is O=C(OCc1ccccc1)C(Cl)C(=O)c1ccccc1. The number of esters is 1. The first-order chi connectivity index (χ1) is 9.68. The van der Waals surface area contributed by atoms with Crippen LogP contribution in [0.5, 0.6) is 0 Å². The van der Waals surface area contributed by atoms with E-state index in [-0.39, 0.29) is 6.61 Å². The average Bonchev–Trinajstić information content (AvgIpc) is 2.53. The van der Waals surface area contributed by atoms with E-state index in [1.54, 1.807) is 30.3 Å². The minimum atomic E-state index is -1.32. The minimum absolute atomic E-state index is 0.102. The second-order valence-electron chi connectivity index (χ2n) is 4.19. The molecule has 0 bridgehead atoms. The number of hydrogen-bond acceptors (Lipinski definition) is 3. The highest BCUT2D eigenvalue weighted by molar-refractivity contribution is 6.43. The van der Waals surface area contributed by atoms with Gasteiger partial charge in [-0.05, 0) is 5.56 Å². The van der Waals surface area contributed by atoms with Gasteiger partial charge in [-0.25, -0.2) is 4.79 Å². The number of halogens is 1. The number of hydrogen-bond donors (Lipinski definition) is 0. The van der Waals surface area contributed by atoms with E-state index in [4.69, 9.17) is 16.3 Å². The highest BCUT2D eigenvalue weighted by atomic mass is 35.5. The fraction of sp³-hybridized carbons (Fsp3) is 0.125. The molecule has 0 heterocycles. The molecule has 0 radical (unpaired) electrons. The number of ether oxygens (including phenoxy) is 1. The first-order valence-electron chi connectivity index (χ1n) is 6.12. The zero-order valence-corrected chi connectivity index (χ0v) is 11.4. The van der Waals surface area contributed by atoms with Gasteiger partial charge >= 0.3 is 5.97 Å². The Morgan fingerprint density at radius 2 is 1.50 bits per heavy atom. The predicted octanol–water partition coefficient (Wildman–Crippen LogP) is 3.22. The number of alkyl halides is 1. The van der Waals surface area contributed by atoms with Crippen molar-refractivity contribution >= 4 is 23.4 Å². The molecule has 1 unspecified atom stereocenters. The third-order valence-corrected chi connectivity index (χ3v) is 3.10. The molecule has 0 spiro atoms. The van der Waals surface area contributed by atoms with Gasteiger partial charge in [0, 0.05) is 5.56 Å². The van der Waals surface area contributed by atoms with E-state index in [1.165, 1.54) is 0 Å². The quantitative estimate of drug-likeness (QED) is 0.367. The summed E-state index contributed by atoms with van der Waals surface area (Å²) in [7, 11) is 0. The van der Waals surface area contributed by atoms with Crippen LogP contribution in [0.2, 0.25) is 0 Å². The summed E-state index contributed by atoms with van der Waals surface area (Å²) in [5.41, 5.74) is 1.24. The number of rotatable bonds is 5. The van der Waals surface area contributed by atoms with Crippen molar-refractivity contribution in [1.82, 2.24) is 0 Å². The standard InChI is InChI=1S/C16H13ClO3/c17-14(15(18)13-9-5-2-6-10-13)16(19)20-11-12-7-3-1-4-8-12/h1-10,14H,11H2. The van der Waals surface area contributed by atoms with Gasteiger partial charge < -0.3 is 4.74 Å². The summed E-state index contributed by atoms with van der Waals surface area (Å²) in [6, 6.07) is 17.7. The number of benzene rings is 2. The zero-order chi connectivity index (χ0) is 14.4. The van der Waals surface area contributed by atoms with Gasteiger partial charge in [0.2, 0.25) is 0 Å². The molecule has 3 nitrogen and oxygen atoms in total. The summed E-state index contributed by atoms with van der Waals surface area (Å²) in [6.45, 7) is 0.102. The van der Waals surface area contributed by atoms with E-state index < -0.39 is 17.1 Å². The van der Waals surface area contributed by atoms with Crippen LogP contribution in [0.4, 0.5) is 0 Å². The molecule has 1 atom stereocenters. The Morgan fingerprint density at radius 3 is 2.10 bits per heavy atom.